The molecule has 5 nitrogen and oxygen atoms in total. The molecule has 148 valence electrons. The zero-order valence-corrected chi connectivity index (χ0v) is 16.5. The van der Waals surface area contributed by atoms with Crippen LogP contribution in [0.1, 0.15) is 22.3 Å². The highest BCUT2D eigenvalue weighted by Crippen LogP contribution is 2.38. The van der Waals surface area contributed by atoms with Gasteiger partial charge in [0, 0.05) is 18.4 Å². The predicted octanol–water partition coefficient (Wildman–Crippen LogP) is 5.10. The van der Waals surface area contributed by atoms with Crippen LogP contribution < -0.4 is 9.47 Å². The van der Waals surface area contributed by atoms with Gasteiger partial charge in [-0.05, 0) is 34.9 Å². The molecule has 3 aromatic rings. The van der Waals surface area contributed by atoms with E-state index >= 15 is 0 Å². The van der Waals surface area contributed by atoms with Crippen molar-refractivity contribution in [1.82, 2.24) is 0 Å². The molecule has 1 amide bonds. The summed E-state index contributed by atoms with van der Waals surface area (Å²) in [4.78, 5) is 12.4. The van der Waals surface area contributed by atoms with Crippen LogP contribution in [0, 0.1) is 0 Å². The first kappa shape index (κ1) is 18.3. The molecule has 0 bridgehead atoms. The fourth-order valence-corrected chi connectivity index (χ4v) is 4.06. The largest absolute Gasteiger partial charge is 0.493 e. The van der Waals surface area contributed by atoms with Crippen molar-refractivity contribution in [2.75, 3.05) is 7.11 Å². The Morgan fingerprint density at radius 2 is 1.50 bits per heavy atom. The van der Waals surface area contributed by atoms with E-state index in [2.05, 4.69) is 34.5 Å². The molecule has 30 heavy (non-hydrogen) atoms. The van der Waals surface area contributed by atoms with Crippen LogP contribution in [0.2, 0.25) is 0 Å². The standard InChI is InChI=1S/C25H20N2O3/c1-29-21-12-11-19(24-23(25(28)27-26-24)16-7-3-2-4-8-16)15-22(21)30-20-13-17-9-5-6-10-18(17)14-20/h2-12,15,20H,13-14H2,1H3. The van der Waals surface area contributed by atoms with Crippen LogP contribution >= 0.6 is 0 Å². The van der Waals surface area contributed by atoms with Gasteiger partial charge < -0.3 is 9.47 Å². The highest BCUT2D eigenvalue weighted by Gasteiger charge is 2.27. The third-order valence-electron chi connectivity index (χ3n) is 5.50. The van der Waals surface area contributed by atoms with E-state index in [1.807, 2.05) is 48.5 Å². The third-order valence-corrected chi connectivity index (χ3v) is 5.50. The van der Waals surface area contributed by atoms with Crippen molar-refractivity contribution in [2.45, 2.75) is 18.9 Å². The number of hydrogen-bond acceptors (Lipinski definition) is 4. The lowest BCUT2D eigenvalue weighted by molar-refractivity contribution is -0.112. The van der Waals surface area contributed by atoms with Crippen LogP contribution in [0.5, 0.6) is 11.5 Å². The van der Waals surface area contributed by atoms with Crippen molar-refractivity contribution in [3.63, 3.8) is 0 Å². The molecule has 3 aromatic carbocycles. The molecule has 0 saturated carbocycles. The molecular formula is C25H20N2O3. The van der Waals surface area contributed by atoms with E-state index < -0.39 is 0 Å². The molecule has 0 spiro atoms. The molecule has 0 aromatic heterocycles. The Morgan fingerprint density at radius 3 is 2.20 bits per heavy atom. The molecule has 5 rings (SSSR count). The van der Waals surface area contributed by atoms with Crippen LogP contribution in [0.15, 0.2) is 83.0 Å². The van der Waals surface area contributed by atoms with Gasteiger partial charge in [-0.15, -0.1) is 10.2 Å². The molecule has 0 atom stereocenters. The minimum atomic E-state index is -0.333. The lowest BCUT2D eigenvalue weighted by Crippen LogP contribution is -2.16. The average Bonchev–Trinajstić information content (AvgIpc) is 3.37. The van der Waals surface area contributed by atoms with Gasteiger partial charge in [0.25, 0.3) is 5.91 Å². The van der Waals surface area contributed by atoms with Crippen molar-refractivity contribution in [1.29, 1.82) is 0 Å². The third kappa shape index (κ3) is 3.28. The number of benzene rings is 3. The highest BCUT2D eigenvalue weighted by atomic mass is 16.5. The number of rotatable bonds is 5. The predicted molar refractivity (Wildman–Crippen MR) is 114 cm³/mol. The molecule has 0 fully saturated rings. The molecular weight excluding hydrogens is 376 g/mol. The summed E-state index contributed by atoms with van der Waals surface area (Å²) in [6.07, 6.45) is 1.76. The van der Waals surface area contributed by atoms with E-state index in [4.69, 9.17) is 9.47 Å². The molecule has 5 heteroatoms. The fraction of sp³-hybridized carbons (Fsp3) is 0.160. The number of azo groups is 1. The number of carbonyl (C=O) groups is 1. The quantitative estimate of drug-likeness (QED) is 0.603. The summed E-state index contributed by atoms with van der Waals surface area (Å²) in [6, 6.07) is 23.5. The fourth-order valence-electron chi connectivity index (χ4n) is 4.06. The van der Waals surface area contributed by atoms with E-state index in [1.165, 1.54) is 11.1 Å². The van der Waals surface area contributed by atoms with Gasteiger partial charge >= 0.3 is 0 Å². The summed E-state index contributed by atoms with van der Waals surface area (Å²) in [6.45, 7) is 0. The lowest BCUT2D eigenvalue weighted by atomic mass is 10.00. The van der Waals surface area contributed by atoms with Gasteiger partial charge in [0.2, 0.25) is 0 Å². The Balaban J connectivity index is 1.50. The SMILES string of the molecule is COc1ccc(C2=C(c3ccccc3)C(=O)N=N2)cc1OC1Cc2ccccc2C1. The van der Waals surface area contributed by atoms with E-state index in [0.717, 1.165) is 24.0 Å². The summed E-state index contributed by atoms with van der Waals surface area (Å²) in [5.74, 6) is 0.959. The second-order valence-corrected chi connectivity index (χ2v) is 7.38. The van der Waals surface area contributed by atoms with Gasteiger partial charge in [-0.3, -0.25) is 4.79 Å². The van der Waals surface area contributed by atoms with Crippen molar-refractivity contribution < 1.29 is 14.3 Å². The lowest BCUT2D eigenvalue weighted by Gasteiger charge is -2.17. The summed E-state index contributed by atoms with van der Waals surface area (Å²) < 4.78 is 11.9. The van der Waals surface area contributed by atoms with Gasteiger partial charge in [0.15, 0.2) is 11.5 Å². The Hall–Kier alpha value is -3.73. The number of methoxy groups -OCH3 is 1. The average molecular weight is 396 g/mol. The Bertz CT molecular complexity index is 1160. The maximum absolute atomic E-state index is 12.4. The Labute approximate surface area is 174 Å². The zero-order chi connectivity index (χ0) is 20.5. The van der Waals surface area contributed by atoms with Crippen LogP contribution in [0.25, 0.3) is 11.3 Å². The van der Waals surface area contributed by atoms with Gasteiger partial charge in [-0.1, -0.05) is 54.6 Å². The monoisotopic (exact) mass is 396 g/mol. The first-order chi connectivity index (χ1) is 14.7. The van der Waals surface area contributed by atoms with Gasteiger partial charge in [0.1, 0.15) is 11.8 Å². The summed E-state index contributed by atoms with van der Waals surface area (Å²) in [5, 5.41) is 7.96. The van der Waals surface area contributed by atoms with Crippen LogP contribution in [-0.4, -0.2) is 19.1 Å². The number of nitrogens with zero attached hydrogens (tertiary/aromatic N) is 2. The topological polar surface area (TPSA) is 60.2 Å². The second-order valence-electron chi connectivity index (χ2n) is 7.38. The number of ether oxygens (including phenoxy) is 2. The molecule has 1 aliphatic heterocycles. The number of hydrogen-bond donors (Lipinski definition) is 0. The summed E-state index contributed by atoms with van der Waals surface area (Å²) in [7, 11) is 1.62. The minimum Gasteiger partial charge on any atom is -0.493 e. The molecule has 0 saturated heterocycles. The molecule has 0 unspecified atom stereocenters. The molecule has 0 N–H and O–H groups in total. The molecule has 1 aliphatic carbocycles. The summed E-state index contributed by atoms with van der Waals surface area (Å²) >= 11 is 0. The number of carbonyl (C=O) groups excluding carboxylic acids is 1. The molecule has 0 radical (unpaired) electrons. The first-order valence-corrected chi connectivity index (χ1v) is 9.90. The maximum atomic E-state index is 12.4. The van der Waals surface area contributed by atoms with Crippen molar-refractivity contribution in [2.24, 2.45) is 10.2 Å². The van der Waals surface area contributed by atoms with Crippen molar-refractivity contribution >= 4 is 17.2 Å². The second kappa shape index (κ2) is 7.59. The van der Waals surface area contributed by atoms with Crippen molar-refractivity contribution in [3.05, 3.63) is 95.1 Å². The van der Waals surface area contributed by atoms with Gasteiger partial charge in [0.05, 0.1) is 12.7 Å². The van der Waals surface area contributed by atoms with E-state index in [1.54, 1.807) is 7.11 Å². The van der Waals surface area contributed by atoms with E-state index in [9.17, 15) is 4.79 Å². The van der Waals surface area contributed by atoms with Crippen LogP contribution in [0.4, 0.5) is 0 Å². The normalized spacial score (nSPS) is 15.6. The van der Waals surface area contributed by atoms with Crippen LogP contribution in [-0.2, 0) is 17.6 Å². The van der Waals surface area contributed by atoms with Gasteiger partial charge in [-0.2, -0.15) is 0 Å². The van der Waals surface area contributed by atoms with Crippen molar-refractivity contribution in [3.8, 4) is 11.5 Å². The Kier molecular flexibility index (Phi) is 4.64. The minimum absolute atomic E-state index is 0.0426. The number of fused-ring (bicyclic) bond motifs is 1. The van der Waals surface area contributed by atoms with Crippen LogP contribution in [0.3, 0.4) is 0 Å². The Morgan fingerprint density at radius 1 is 0.800 bits per heavy atom. The number of amides is 1. The van der Waals surface area contributed by atoms with E-state index in [0.29, 0.717) is 22.8 Å². The molecule has 1 heterocycles. The zero-order valence-electron chi connectivity index (χ0n) is 16.5. The highest BCUT2D eigenvalue weighted by molar-refractivity contribution is 6.29. The summed E-state index contributed by atoms with van der Waals surface area (Å²) in [5.41, 5.74) is 5.26. The smallest absolute Gasteiger partial charge is 0.298 e. The molecule has 2 aliphatic rings. The first-order valence-electron chi connectivity index (χ1n) is 9.90. The maximum Gasteiger partial charge on any atom is 0.298 e. The van der Waals surface area contributed by atoms with Gasteiger partial charge in [-0.25, -0.2) is 0 Å². The van der Waals surface area contributed by atoms with E-state index in [-0.39, 0.29) is 12.0 Å².